The maximum Gasteiger partial charge on any atom is 0.223 e. The molecule has 2 rings (SSSR count). The first-order chi connectivity index (χ1) is 8.66. The molecule has 0 aromatic rings. The molecule has 1 amide bonds. The van der Waals surface area contributed by atoms with Crippen LogP contribution < -0.4 is 5.73 Å². The lowest BCUT2D eigenvalue weighted by Crippen LogP contribution is -2.42. The summed E-state index contributed by atoms with van der Waals surface area (Å²) in [5.74, 6) is -0.136. The van der Waals surface area contributed by atoms with Gasteiger partial charge in [0, 0.05) is 32.2 Å². The van der Waals surface area contributed by atoms with Crippen LogP contribution in [0.1, 0.15) is 38.5 Å². The highest BCUT2D eigenvalue weighted by Gasteiger charge is 2.29. The second kappa shape index (κ2) is 6.53. The van der Waals surface area contributed by atoms with Crippen molar-refractivity contribution in [2.45, 2.75) is 44.6 Å². The normalized spacial score (nSPS) is 29.7. The first-order valence-electron chi connectivity index (χ1n) is 7.38. The number of amides is 1. The first kappa shape index (κ1) is 13.8. The first-order valence-corrected chi connectivity index (χ1v) is 7.38. The molecular formula is C14H27N3O. The molecule has 1 saturated heterocycles. The van der Waals surface area contributed by atoms with Crippen LogP contribution in [0.15, 0.2) is 0 Å². The van der Waals surface area contributed by atoms with Crippen molar-refractivity contribution in [2.75, 3.05) is 33.2 Å². The molecule has 4 heteroatoms. The van der Waals surface area contributed by atoms with Crippen LogP contribution in [0.3, 0.4) is 0 Å². The summed E-state index contributed by atoms with van der Waals surface area (Å²) in [5, 5.41) is 0. The van der Waals surface area contributed by atoms with E-state index in [4.69, 9.17) is 5.73 Å². The maximum atomic E-state index is 11.5. The fourth-order valence-electron chi connectivity index (χ4n) is 3.33. The SMILES string of the molecule is CN1CCN(C2CCCCCC2)C[C@H](C(N)=O)C1. The van der Waals surface area contributed by atoms with Crippen LogP contribution in [0.25, 0.3) is 0 Å². The highest BCUT2D eigenvalue weighted by Crippen LogP contribution is 2.23. The van der Waals surface area contributed by atoms with Gasteiger partial charge in [-0.25, -0.2) is 0 Å². The second-order valence-corrected chi connectivity index (χ2v) is 6.00. The van der Waals surface area contributed by atoms with Crippen LogP contribution in [0, 0.1) is 5.92 Å². The van der Waals surface area contributed by atoms with Crippen LogP contribution in [0.2, 0.25) is 0 Å². The lowest BCUT2D eigenvalue weighted by Gasteiger charge is -2.31. The van der Waals surface area contributed by atoms with Crippen molar-refractivity contribution in [3.8, 4) is 0 Å². The van der Waals surface area contributed by atoms with E-state index in [-0.39, 0.29) is 11.8 Å². The van der Waals surface area contributed by atoms with E-state index in [1.165, 1.54) is 38.5 Å². The smallest absolute Gasteiger partial charge is 0.223 e. The molecule has 0 aromatic carbocycles. The van der Waals surface area contributed by atoms with Crippen LogP contribution in [0.4, 0.5) is 0 Å². The molecule has 2 N–H and O–H groups in total. The van der Waals surface area contributed by atoms with E-state index in [1.54, 1.807) is 0 Å². The highest BCUT2D eigenvalue weighted by molar-refractivity contribution is 5.77. The van der Waals surface area contributed by atoms with E-state index in [1.807, 2.05) is 0 Å². The van der Waals surface area contributed by atoms with Gasteiger partial charge in [-0.3, -0.25) is 9.69 Å². The average molecular weight is 253 g/mol. The Hall–Kier alpha value is -0.610. The number of nitrogens with two attached hydrogens (primary N) is 1. The zero-order valence-corrected chi connectivity index (χ0v) is 11.6. The van der Waals surface area contributed by atoms with E-state index in [0.29, 0.717) is 6.04 Å². The summed E-state index contributed by atoms with van der Waals surface area (Å²) in [6.45, 7) is 3.83. The summed E-state index contributed by atoms with van der Waals surface area (Å²) in [6.07, 6.45) is 8.05. The molecule has 0 radical (unpaired) electrons. The van der Waals surface area contributed by atoms with E-state index < -0.39 is 0 Å². The predicted octanol–water partition coefficient (Wildman–Crippen LogP) is 1.06. The minimum absolute atomic E-state index is 0.000697. The molecule has 1 saturated carbocycles. The molecule has 1 heterocycles. The van der Waals surface area contributed by atoms with Crippen molar-refractivity contribution in [2.24, 2.45) is 11.7 Å². The number of nitrogens with zero attached hydrogens (tertiary/aromatic N) is 2. The fraction of sp³-hybridized carbons (Fsp3) is 0.929. The third-order valence-electron chi connectivity index (χ3n) is 4.50. The van der Waals surface area contributed by atoms with Crippen molar-refractivity contribution in [1.82, 2.24) is 9.80 Å². The average Bonchev–Trinajstić information content (AvgIpc) is 2.69. The van der Waals surface area contributed by atoms with Gasteiger partial charge in [0.25, 0.3) is 0 Å². The quantitative estimate of drug-likeness (QED) is 0.749. The molecule has 0 spiro atoms. The summed E-state index contributed by atoms with van der Waals surface area (Å²) in [7, 11) is 2.09. The predicted molar refractivity (Wildman–Crippen MR) is 73.2 cm³/mol. The number of carbonyl (C=O) groups excluding carboxylic acids is 1. The lowest BCUT2D eigenvalue weighted by molar-refractivity contribution is -0.122. The Morgan fingerprint density at radius 2 is 1.72 bits per heavy atom. The molecule has 1 aliphatic heterocycles. The number of likely N-dealkylation sites (N-methyl/N-ethyl adjacent to an activating group) is 1. The number of rotatable bonds is 2. The summed E-state index contributed by atoms with van der Waals surface area (Å²) >= 11 is 0. The largest absolute Gasteiger partial charge is 0.369 e. The molecular weight excluding hydrogens is 226 g/mol. The van der Waals surface area contributed by atoms with Crippen molar-refractivity contribution in [1.29, 1.82) is 0 Å². The summed E-state index contributed by atoms with van der Waals surface area (Å²) in [5.41, 5.74) is 5.53. The van der Waals surface area contributed by atoms with Crippen molar-refractivity contribution < 1.29 is 4.79 Å². The lowest BCUT2D eigenvalue weighted by atomic mass is 10.0. The minimum Gasteiger partial charge on any atom is -0.369 e. The third-order valence-corrected chi connectivity index (χ3v) is 4.50. The van der Waals surface area contributed by atoms with Gasteiger partial charge in [-0.1, -0.05) is 25.7 Å². The Morgan fingerprint density at radius 3 is 2.33 bits per heavy atom. The number of hydrogen-bond acceptors (Lipinski definition) is 3. The maximum absolute atomic E-state index is 11.5. The molecule has 0 aromatic heterocycles. The molecule has 2 fully saturated rings. The molecule has 1 atom stereocenters. The monoisotopic (exact) mass is 253 g/mol. The van der Waals surface area contributed by atoms with Gasteiger partial charge in [-0.15, -0.1) is 0 Å². The van der Waals surface area contributed by atoms with E-state index >= 15 is 0 Å². The van der Waals surface area contributed by atoms with Crippen molar-refractivity contribution in [3.05, 3.63) is 0 Å². The Bertz CT molecular complexity index is 274. The van der Waals surface area contributed by atoms with Crippen LogP contribution in [-0.4, -0.2) is 55.0 Å². The van der Waals surface area contributed by atoms with Gasteiger partial charge in [-0.2, -0.15) is 0 Å². The van der Waals surface area contributed by atoms with Gasteiger partial charge in [0.05, 0.1) is 5.92 Å². The third kappa shape index (κ3) is 3.69. The zero-order valence-electron chi connectivity index (χ0n) is 11.6. The molecule has 2 aliphatic rings. The highest BCUT2D eigenvalue weighted by atomic mass is 16.1. The van der Waals surface area contributed by atoms with Gasteiger partial charge in [-0.05, 0) is 19.9 Å². The van der Waals surface area contributed by atoms with Gasteiger partial charge in [0.15, 0.2) is 0 Å². The number of primary amides is 1. The molecule has 0 bridgehead atoms. The van der Waals surface area contributed by atoms with Crippen LogP contribution in [-0.2, 0) is 4.79 Å². The van der Waals surface area contributed by atoms with Gasteiger partial charge in [0.1, 0.15) is 0 Å². The van der Waals surface area contributed by atoms with Gasteiger partial charge in [0.2, 0.25) is 5.91 Å². The Labute approximate surface area is 110 Å². The molecule has 18 heavy (non-hydrogen) atoms. The molecule has 104 valence electrons. The van der Waals surface area contributed by atoms with Crippen molar-refractivity contribution in [3.63, 3.8) is 0 Å². The second-order valence-electron chi connectivity index (χ2n) is 6.00. The molecule has 4 nitrogen and oxygen atoms in total. The topological polar surface area (TPSA) is 49.6 Å². The van der Waals surface area contributed by atoms with E-state index in [0.717, 1.165) is 26.2 Å². The number of hydrogen-bond donors (Lipinski definition) is 1. The van der Waals surface area contributed by atoms with Crippen molar-refractivity contribution >= 4 is 5.91 Å². The Morgan fingerprint density at radius 1 is 1.06 bits per heavy atom. The number of carbonyl (C=O) groups is 1. The standard InChI is InChI=1S/C14H27N3O/c1-16-8-9-17(11-12(10-16)14(15)18)13-6-4-2-3-5-7-13/h12-13H,2-11H2,1H3,(H2,15,18)/t12-/m1/s1. The Balaban J connectivity index is 1.99. The van der Waals surface area contributed by atoms with Crippen LogP contribution >= 0.6 is 0 Å². The van der Waals surface area contributed by atoms with E-state index in [9.17, 15) is 4.79 Å². The zero-order chi connectivity index (χ0) is 13.0. The van der Waals surface area contributed by atoms with Gasteiger partial charge >= 0.3 is 0 Å². The van der Waals surface area contributed by atoms with Gasteiger partial charge < -0.3 is 10.6 Å². The van der Waals surface area contributed by atoms with E-state index in [2.05, 4.69) is 16.8 Å². The molecule has 1 aliphatic carbocycles. The summed E-state index contributed by atoms with van der Waals surface area (Å²) in [4.78, 5) is 16.3. The fourth-order valence-corrected chi connectivity index (χ4v) is 3.33. The summed E-state index contributed by atoms with van der Waals surface area (Å²) < 4.78 is 0. The van der Waals surface area contributed by atoms with Crippen LogP contribution in [0.5, 0.6) is 0 Å². The minimum atomic E-state index is -0.137. The summed E-state index contributed by atoms with van der Waals surface area (Å²) in [6, 6.07) is 0.681. The Kier molecular flexibility index (Phi) is 5.01. The molecule has 0 unspecified atom stereocenters.